The van der Waals surface area contributed by atoms with Gasteiger partial charge in [-0.25, -0.2) is 22.0 Å². The second-order valence-electron chi connectivity index (χ2n) is 6.99. The Kier molecular flexibility index (Phi) is 10.9. The molecule has 0 aliphatic carbocycles. The monoisotopic (exact) mass is 521 g/mol. The van der Waals surface area contributed by atoms with E-state index in [1.54, 1.807) is 0 Å². The lowest BCUT2D eigenvalue weighted by molar-refractivity contribution is -0.143. The summed E-state index contributed by atoms with van der Waals surface area (Å²) in [6.45, 7) is 1.90. The maximum atomic E-state index is 14.3. The molecule has 2 aromatic carbocycles. The first-order valence-electron chi connectivity index (χ1n) is 10.3. The van der Waals surface area contributed by atoms with Crippen molar-refractivity contribution in [1.82, 2.24) is 4.31 Å². The van der Waals surface area contributed by atoms with Gasteiger partial charge in [-0.3, -0.25) is 0 Å². The fraction of sp³-hybridized carbons (Fsp3) is 0.409. The molecule has 0 saturated heterocycles. The first-order chi connectivity index (χ1) is 15.7. The molecule has 0 radical (unpaired) electrons. The van der Waals surface area contributed by atoms with Crippen molar-refractivity contribution in [2.75, 3.05) is 32.6 Å². The van der Waals surface area contributed by atoms with E-state index >= 15 is 0 Å². The van der Waals surface area contributed by atoms with E-state index in [0.29, 0.717) is 18.0 Å². The van der Waals surface area contributed by atoms with Crippen molar-refractivity contribution >= 4 is 39.4 Å². The van der Waals surface area contributed by atoms with Gasteiger partial charge >= 0.3 is 5.97 Å². The van der Waals surface area contributed by atoms with Crippen molar-refractivity contribution in [3.8, 4) is 5.75 Å². The molecule has 0 aliphatic heterocycles. The number of rotatable bonds is 13. The molecule has 0 atom stereocenters. The molecule has 6 nitrogen and oxygen atoms in total. The highest BCUT2D eigenvalue weighted by Crippen LogP contribution is 2.29. The standard InChI is InChI=1S/C22H26ClF2NO5S2/c1-3-4-5-10-26(33(28,29)18-8-6-16(23)7-9-18)11-12-32-17-13-19(24)22(20(25)14-17)31-15-21(27)30-2/h6-9,13-14H,3-5,10-12,15H2,1-2H3. The van der Waals surface area contributed by atoms with Crippen LogP contribution in [0.1, 0.15) is 26.2 Å². The quantitative estimate of drug-likeness (QED) is 0.206. The molecule has 0 aliphatic rings. The summed E-state index contributed by atoms with van der Waals surface area (Å²) < 4.78 is 65.3. The van der Waals surface area contributed by atoms with Gasteiger partial charge in [0.05, 0.1) is 12.0 Å². The average molecular weight is 522 g/mol. The van der Waals surface area contributed by atoms with Gasteiger partial charge in [0.1, 0.15) is 0 Å². The minimum Gasteiger partial charge on any atom is -0.476 e. The Morgan fingerprint density at radius 2 is 1.73 bits per heavy atom. The summed E-state index contributed by atoms with van der Waals surface area (Å²) in [6, 6.07) is 8.10. The van der Waals surface area contributed by atoms with Gasteiger partial charge in [-0.1, -0.05) is 31.4 Å². The molecule has 2 rings (SSSR count). The number of hydrogen-bond acceptors (Lipinski definition) is 6. The van der Waals surface area contributed by atoms with E-state index in [9.17, 15) is 22.0 Å². The SMILES string of the molecule is CCCCCN(CCSc1cc(F)c(OCC(=O)OC)c(F)c1)S(=O)(=O)c1ccc(Cl)cc1. The highest BCUT2D eigenvalue weighted by atomic mass is 35.5. The molecule has 182 valence electrons. The molecule has 0 N–H and O–H groups in total. The highest BCUT2D eigenvalue weighted by Gasteiger charge is 2.24. The number of ether oxygens (including phenoxy) is 2. The van der Waals surface area contributed by atoms with Crippen LogP contribution in [0.2, 0.25) is 5.02 Å². The smallest absolute Gasteiger partial charge is 0.343 e. The van der Waals surface area contributed by atoms with E-state index in [4.69, 9.17) is 16.3 Å². The summed E-state index contributed by atoms with van der Waals surface area (Å²) in [5.41, 5.74) is 0. The van der Waals surface area contributed by atoms with Crippen LogP contribution in [-0.2, 0) is 19.6 Å². The Morgan fingerprint density at radius 3 is 2.30 bits per heavy atom. The Hall–Kier alpha value is -1.88. The van der Waals surface area contributed by atoms with Crippen molar-refractivity contribution in [2.24, 2.45) is 0 Å². The zero-order chi connectivity index (χ0) is 24.4. The Balaban J connectivity index is 2.08. The maximum Gasteiger partial charge on any atom is 0.343 e. The second kappa shape index (κ2) is 13.1. The number of halogens is 3. The number of nitrogens with zero attached hydrogens (tertiary/aromatic N) is 1. The van der Waals surface area contributed by atoms with Gasteiger partial charge in [0.15, 0.2) is 24.0 Å². The lowest BCUT2D eigenvalue weighted by Gasteiger charge is -2.22. The molecular weight excluding hydrogens is 496 g/mol. The highest BCUT2D eigenvalue weighted by molar-refractivity contribution is 7.99. The predicted molar refractivity (Wildman–Crippen MR) is 124 cm³/mol. The van der Waals surface area contributed by atoms with Crippen molar-refractivity contribution in [3.63, 3.8) is 0 Å². The van der Waals surface area contributed by atoms with Crippen molar-refractivity contribution in [2.45, 2.75) is 36.0 Å². The lowest BCUT2D eigenvalue weighted by atomic mass is 10.2. The number of hydrogen-bond donors (Lipinski definition) is 0. The van der Waals surface area contributed by atoms with E-state index in [1.807, 2.05) is 6.92 Å². The minimum absolute atomic E-state index is 0.137. The van der Waals surface area contributed by atoms with Gasteiger partial charge in [-0.15, -0.1) is 11.8 Å². The normalized spacial score (nSPS) is 11.6. The minimum atomic E-state index is -3.74. The Labute approximate surface area is 202 Å². The van der Waals surface area contributed by atoms with Crippen LogP contribution in [0.25, 0.3) is 0 Å². The number of unbranched alkanes of at least 4 members (excludes halogenated alkanes) is 2. The number of methoxy groups -OCH3 is 1. The van der Waals surface area contributed by atoms with Crippen LogP contribution in [0.5, 0.6) is 5.75 Å². The van der Waals surface area contributed by atoms with E-state index in [0.717, 1.165) is 43.8 Å². The zero-order valence-corrected chi connectivity index (χ0v) is 20.7. The van der Waals surface area contributed by atoms with Crippen LogP contribution < -0.4 is 4.74 Å². The summed E-state index contributed by atoms with van der Waals surface area (Å²) in [5, 5.41) is 0.435. The van der Waals surface area contributed by atoms with E-state index in [-0.39, 0.29) is 22.1 Å². The number of sulfonamides is 1. The zero-order valence-electron chi connectivity index (χ0n) is 18.4. The van der Waals surface area contributed by atoms with Crippen molar-refractivity contribution in [3.05, 3.63) is 53.1 Å². The second-order valence-corrected chi connectivity index (χ2v) is 10.5. The molecule has 0 fully saturated rings. The van der Waals surface area contributed by atoms with Crippen LogP contribution in [0.4, 0.5) is 8.78 Å². The van der Waals surface area contributed by atoms with Crippen LogP contribution >= 0.6 is 23.4 Å². The largest absolute Gasteiger partial charge is 0.476 e. The molecule has 0 aromatic heterocycles. The first kappa shape index (κ1) is 27.4. The Morgan fingerprint density at radius 1 is 1.09 bits per heavy atom. The van der Waals surface area contributed by atoms with Crippen LogP contribution in [-0.4, -0.2) is 51.3 Å². The summed E-state index contributed by atoms with van der Waals surface area (Å²) >= 11 is 6.98. The fourth-order valence-corrected chi connectivity index (χ4v) is 5.50. The maximum absolute atomic E-state index is 14.3. The van der Waals surface area contributed by atoms with Crippen LogP contribution in [0.15, 0.2) is 46.2 Å². The molecule has 0 amide bonds. The van der Waals surface area contributed by atoms with Crippen LogP contribution in [0, 0.1) is 11.6 Å². The average Bonchev–Trinajstić information content (AvgIpc) is 2.77. The topological polar surface area (TPSA) is 72.9 Å². The molecule has 0 heterocycles. The van der Waals surface area contributed by atoms with E-state index in [1.165, 1.54) is 28.6 Å². The molecule has 33 heavy (non-hydrogen) atoms. The Bertz CT molecular complexity index is 1010. The fourth-order valence-electron chi connectivity index (χ4n) is 2.86. The molecule has 0 spiro atoms. The van der Waals surface area contributed by atoms with Gasteiger partial charge in [-0.05, 0) is 42.8 Å². The van der Waals surface area contributed by atoms with Gasteiger partial charge in [0, 0.05) is 28.8 Å². The summed E-state index contributed by atoms with van der Waals surface area (Å²) in [5.74, 6) is -3.08. The number of carbonyl (C=O) groups is 1. The number of thioether (sulfide) groups is 1. The van der Waals surface area contributed by atoms with Gasteiger partial charge in [0.25, 0.3) is 0 Å². The number of esters is 1. The summed E-state index contributed by atoms with van der Waals surface area (Å²) in [6.07, 6.45) is 2.51. The van der Waals surface area contributed by atoms with Gasteiger partial charge in [0.2, 0.25) is 10.0 Å². The molecule has 0 unspecified atom stereocenters. The van der Waals surface area contributed by atoms with Crippen molar-refractivity contribution < 1.29 is 31.5 Å². The van der Waals surface area contributed by atoms with Crippen LogP contribution in [0.3, 0.4) is 0 Å². The molecule has 0 saturated carbocycles. The van der Waals surface area contributed by atoms with Gasteiger partial charge < -0.3 is 9.47 Å². The van der Waals surface area contributed by atoms with E-state index < -0.39 is 40.0 Å². The van der Waals surface area contributed by atoms with Gasteiger partial charge in [-0.2, -0.15) is 4.31 Å². The molecular formula is C22H26ClF2NO5S2. The summed E-state index contributed by atoms with van der Waals surface area (Å²) in [4.78, 5) is 11.5. The third-order valence-electron chi connectivity index (χ3n) is 4.61. The number of carbonyl (C=O) groups excluding carboxylic acids is 1. The predicted octanol–water partition coefficient (Wildman–Crippen LogP) is 5.14. The third kappa shape index (κ3) is 8.13. The van der Waals surface area contributed by atoms with Crippen molar-refractivity contribution in [1.29, 1.82) is 0 Å². The molecule has 11 heteroatoms. The third-order valence-corrected chi connectivity index (χ3v) is 7.73. The van der Waals surface area contributed by atoms with E-state index in [2.05, 4.69) is 4.74 Å². The number of benzene rings is 2. The first-order valence-corrected chi connectivity index (χ1v) is 13.1. The molecule has 2 aromatic rings. The molecule has 0 bridgehead atoms. The summed E-state index contributed by atoms with van der Waals surface area (Å²) in [7, 11) is -2.61. The lowest BCUT2D eigenvalue weighted by Crippen LogP contribution is -2.34.